The van der Waals surface area contributed by atoms with Crippen LogP contribution in [0.1, 0.15) is 24.4 Å². The summed E-state index contributed by atoms with van der Waals surface area (Å²) in [5, 5.41) is 4.44. The molecule has 1 heterocycles. The molecule has 3 rings (SSSR count). The predicted molar refractivity (Wildman–Crippen MR) is 103 cm³/mol. The summed E-state index contributed by atoms with van der Waals surface area (Å²) in [5.41, 5.74) is 1.52. The molecule has 0 bridgehead atoms. The second kappa shape index (κ2) is 7.56. The highest BCUT2D eigenvalue weighted by Crippen LogP contribution is 2.28. The second-order valence-electron chi connectivity index (χ2n) is 5.67. The summed E-state index contributed by atoms with van der Waals surface area (Å²) in [6, 6.07) is 11.0. The minimum absolute atomic E-state index is 0.0718. The van der Waals surface area contributed by atoms with E-state index in [0.29, 0.717) is 28.3 Å². The molecule has 0 aliphatic carbocycles. The summed E-state index contributed by atoms with van der Waals surface area (Å²) in [4.78, 5) is 19.4. The number of nitrogens with zero attached hydrogens (tertiary/aromatic N) is 1. The van der Waals surface area contributed by atoms with Gasteiger partial charge in [-0.05, 0) is 58.7 Å². The third kappa shape index (κ3) is 4.03. The first-order valence-corrected chi connectivity index (χ1v) is 8.90. The number of halogens is 2. The van der Waals surface area contributed by atoms with Gasteiger partial charge in [0.15, 0.2) is 0 Å². The summed E-state index contributed by atoms with van der Waals surface area (Å²) in [5.74, 6) is 1.35. The first-order valence-electron chi connectivity index (χ1n) is 7.73. The lowest BCUT2D eigenvalue weighted by atomic mass is 10.1. The topological polar surface area (TPSA) is 67.0 Å². The molecule has 5 nitrogen and oxygen atoms in total. The number of hydrogen-bond acceptors (Lipinski definition) is 4. The van der Waals surface area contributed by atoms with E-state index in [4.69, 9.17) is 16.3 Å². The molecule has 0 spiro atoms. The number of ether oxygens (including phenoxy) is 1. The van der Waals surface area contributed by atoms with E-state index >= 15 is 0 Å². The molecule has 130 valence electrons. The van der Waals surface area contributed by atoms with Crippen molar-refractivity contribution in [1.82, 2.24) is 15.3 Å². The van der Waals surface area contributed by atoms with Gasteiger partial charge < -0.3 is 15.0 Å². The van der Waals surface area contributed by atoms with Gasteiger partial charge in [0.05, 0.1) is 29.0 Å². The fourth-order valence-corrected chi connectivity index (χ4v) is 3.29. The Bertz CT molecular complexity index is 974. The summed E-state index contributed by atoms with van der Waals surface area (Å²) in [7, 11) is 1.63. The maximum atomic E-state index is 12.2. The average molecular weight is 423 g/mol. The zero-order valence-electron chi connectivity index (χ0n) is 13.8. The third-order valence-electron chi connectivity index (χ3n) is 3.97. The molecule has 2 aromatic carbocycles. The van der Waals surface area contributed by atoms with Gasteiger partial charge in [-0.25, -0.2) is 4.98 Å². The van der Waals surface area contributed by atoms with E-state index in [1.165, 1.54) is 0 Å². The van der Waals surface area contributed by atoms with Gasteiger partial charge in [-0.1, -0.05) is 17.7 Å². The summed E-state index contributed by atoms with van der Waals surface area (Å²) in [6.07, 6.45) is 0. The molecular weight excluding hydrogens is 406 g/mol. The molecule has 3 aromatic rings. The van der Waals surface area contributed by atoms with Crippen LogP contribution in [0.5, 0.6) is 5.75 Å². The molecule has 1 atom stereocenters. The van der Waals surface area contributed by atoms with Crippen LogP contribution in [0.15, 0.2) is 45.7 Å². The highest BCUT2D eigenvalue weighted by atomic mass is 79.9. The van der Waals surface area contributed by atoms with E-state index in [9.17, 15) is 4.79 Å². The van der Waals surface area contributed by atoms with Crippen LogP contribution < -0.4 is 15.6 Å². The Morgan fingerprint density at radius 3 is 2.84 bits per heavy atom. The highest BCUT2D eigenvalue weighted by molar-refractivity contribution is 9.10. The van der Waals surface area contributed by atoms with Crippen LogP contribution in [-0.4, -0.2) is 17.1 Å². The molecule has 0 amide bonds. The van der Waals surface area contributed by atoms with Crippen LogP contribution in [0, 0.1) is 0 Å². The lowest BCUT2D eigenvalue weighted by Crippen LogP contribution is -2.22. The van der Waals surface area contributed by atoms with Crippen LogP contribution >= 0.6 is 27.5 Å². The van der Waals surface area contributed by atoms with Gasteiger partial charge in [0.25, 0.3) is 5.56 Å². The number of H-pyrrole nitrogens is 1. The van der Waals surface area contributed by atoms with Gasteiger partial charge in [0.2, 0.25) is 0 Å². The van der Waals surface area contributed by atoms with Crippen molar-refractivity contribution >= 4 is 38.4 Å². The number of fused-ring (bicyclic) bond motifs is 1. The van der Waals surface area contributed by atoms with Gasteiger partial charge in [-0.3, -0.25) is 4.79 Å². The molecule has 0 radical (unpaired) electrons. The SMILES string of the molecule is COc1ccc(C(C)NCc2nc3cc(Cl)ccc3c(=O)[nH]2)cc1Br. The first-order chi connectivity index (χ1) is 12.0. The molecule has 0 aliphatic heterocycles. The number of aromatic amines is 1. The van der Waals surface area contributed by atoms with E-state index in [-0.39, 0.29) is 11.6 Å². The van der Waals surface area contributed by atoms with Crippen LogP contribution in [0.25, 0.3) is 10.9 Å². The largest absolute Gasteiger partial charge is 0.496 e. The quantitative estimate of drug-likeness (QED) is 0.647. The zero-order valence-corrected chi connectivity index (χ0v) is 16.1. The first kappa shape index (κ1) is 17.9. The Morgan fingerprint density at radius 2 is 2.12 bits per heavy atom. The van der Waals surface area contributed by atoms with Crippen molar-refractivity contribution in [2.24, 2.45) is 0 Å². The molecule has 0 fully saturated rings. The fraction of sp³-hybridized carbons (Fsp3) is 0.222. The predicted octanol–water partition coefficient (Wildman–Crippen LogP) is 4.20. The Labute approximate surface area is 158 Å². The van der Waals surface area contributed by atoms with Crippen LogP contribution in [0.2, 0.25) is 5.02 Å². The van der Waals surface area contributed by atoms with Crippen molar-refractivity contribution in [3.8, 4) is 5.75 Å². The number of benzene rings is 2. The molecule has 25 heavy (non-hydrogen) atoms. The molecule has 7 heteroatoms. The van der Waals surface area contributed by atoms with Crippen LogP contribution in [0.3, 0.4) is 0 Å². The maximum Gasteiger partial charge on any atom is 0.258 e. The average Bonchev–Trinajstić information content (AvgIpc) is 2.59. The van der Waals surface area contributed by atoms with E-state index in [1.54, 1.807) is 25.3 Å². The summed E-state index contributed by atoms with van der Waals surface area (Å²) < 4.78 is 6.14. The van der Waals surface area contributed by atoms with Crippen molar-refractivity contribution in [3.05, 3.63) is 67.6 Å². The smallest absolute Gasteiger partial charge is 0.258 e. The number of nitrogens with one attached hydrogen (secondary N) is 2. The maximum absolute atomic E-state index is 12.2. The van der Waals surface area contributed by atoms with E-state index in [0.717, 1.165) is 15.8 Å². The highest BCUT2D eigenvalue weighted by Gasteiger charge is 2.10. The molecule has 1 unspecified atom stereocenters. The van der Waals surface area contributed by atoms with Gasteiger partial charge in [-0.2, -0.15) is 0 Å². The summed E-state index contributed by atoms with van der Waals surface area (Å²) in [6.45, 7) is 2.48. The third-order valence-corrected chi connectivity index (χ3v) is 4.82. The minimum Gasteiger partial charge on any atom is -0.496 e. The molecule has 2 N–H and O–H groups in total. The van der Waals surface area contributed by atoms with Gasteiger partial charge in [0.1, 0.15) is 11.6 Å². The van der Waals surface area contributed by atoms with Crippen LogP contribution in [-0.2, 0) is 6.54 Å². The van der Waals surface area contributed by atoms with Crippen molar-refractivity contribution < 1.29 is 4.74 Å². The molecular formula is C18H17BrClN3O2. The lowest BCUT2D eigenvalue weighted by molar-refractivity contribution is 0.411. The standard InChI is InChI=1S/C18H17BrClN3O2/c1-10(11-3-6-16(25-2)14(19)7-11)21-9-17-22-15-8-12(20)4-5-13(15)18(24)23-17/h3-8,10,21H,9H2,1-2H3,(H,22,23,24). The van der Waals surface area contributed by atoms with Gasteiger partial charge in [-0.15, -0.1) is 0 Å². The number of methoxy groups -OCH3 is 1. The van der Waals surface area contributed by atoms with E-state index in [1.807, 2.05) is 25.1 Å². The van der Waals surface area contributed by atoms with Crippen molar-refractivity contribution in [3.63, 3.8) is 0 Å². The summed E-state index contributed by atoms with van der Waals surface area (Å²) >= 11 is 9.48. The normalized spacial score (nSPS) is 12.3. The van der Waals surface area contributed by atoms with Crippen molar-refractivity contribution in [2.75, 3.05) is 7.11 Å². The Morgan fingerprint density at radius 1 is 1.32 bits per heavy atom. The molecule has 0 saturated heterocycles. The van der Waals surface area contributed by atoms with E-state index < -0.39 is 0 Å². The number of aromatic nitrogens is 2. The monoisotopic (exact) mass is 421 g/mol. The molecule has 1 aromatic heterocycles. The van der Waals surface area contributed by atoms with Crippen molar-refractivity contribution in [1.29, 1.82) is 0 Å². The molecule has 0 aliphatic rings. The van der Waals surface area contributed by atoms with Crippen LogP contribution in [0.4, 0.5) is 0 Å². The minimum atomic E-state index is -0.168. The Balaban J connectivity index is 1.78. The molecule has 0 saturated carbocycles. The van der Waals surface area contributed by atoms with Gasteiger partial charge >= 0.3 is 0 Å². The number of rotatable bonds is 5. The second-order valence-corrected chi connectivity index (χ2v) is 6.96. The lowest BCUT2D eigenvalue weighted by Gasteiger charge is -2.15. The fourth-order valence-electron chi connectivity index (χ4n) is 2.56. The number of hydrogen-bond donors (Lipinski definition) is 2. The Kier molecular flexibility index (Phi) is 5.42. The zero-order chi connectivity index (χ0) is 18.0. The Hall–Kier alpha value is -1.89. The van der Waals surface area contributed by atoms with Crippen molar-refractivity contribution in [2.45, 2.75) is 19.5 Å². The van der Waals surface area contributed by atoms with E-state index in [2.05, 4.69) is 31.2 Å². The van der Waals surface area contributed by atoms with Gasteiger partial charge in [0, 0.05) is 11.1 Å².